The Morgan fingerprint density at radius 1 is 0.880 bits per heavy atom. The van der Waals surface area contributed by atoms with Crippen LogP contribution in [-0.4, -0.2) is 21.4 Å². The van der Waals surface area contributed by atoms with Crippen molar-refractivity contribution in [2.24, 2.45) is 4.99 Å². The average Bonchev–Trinajstić information content (AvgIpc) is 2.62. The number of nitrogens with zero attached hydrogens (tertiary/aromatic N) is 4. The summed E-state index contributed by atoms with van der Waals surface area (Å²) in [6.07, 6.45) is 2.01. The number of benzene rings is 2. The summed E-state index contributed by atoms with van der Waals surface area (Å²) in [6, 6.07) is 22.0. The first-order valence-corrected chi connectivity index (χ1v) is 9.25. The fourth-order valence-corrected chi connectivity index (χ4v) is 3.06. The van der Waals surface area contributed by atoms with Crippen LogP contribution in [0.2, 0.25) is 0 Å². The van der Waals surface area contributed by atoms with E-state index in [0.29, 0.717) is 5.95 Å². The Hall–Kier alpha value is -2.66. The van der Waals surface area contributed by atoms with E-state index in [0.717, 1.165) is 27.9 Å². The number of aliphatic imine (C=N–C) groups is 1. The van der Waals surface area contributed by atoms with E-state index in [1.54, 1.807) is 11.8 Å². The maximum absolute atomic E-state index is 4.82. The topological polar surface area (TPSA) is 41.4 Å². The number of amidine groups is 1. The molecule has 0 radical (unpaired) electrons. The third-order valence-electron chi connectivity index (χ3n) is 3.54. The van der Waals surface area contributed by atoms with Crippen LogP contribution in [0.25, 0.3) is 0 Å². The minimum Gasteiger partial charge on any atom is -0.257 e. The molecule has 0 spiro atoms. The summed E-state index contributed by atoms with van der Waals surface area (Å²) in [5.41, 5.74) is 3.75. The van der Waals surface area contributed by atoms with Crippen molar-refractivity contribution in [2.75, 3.05) is 11.2 Å². The molecule has 2 aromatic carbocycles. The van der Waals surface area contributed by atoms with Crippen molar-refractivity contribution in [3.63, 3.8) is 0 Å². The summed E-state index contributed by atoms with van der Waals surface area (Å²) in [6.45, 7) is 3.96. The molecule has 0 fully saturated rings. The Morgan fingerprint density at radius 3 is 2.00 bits per heavy atom. The van der Waals surface area contributed by atoms with E-state index in [2.05, 4.69) is 9.97 Å². The third-order valence-corrected chi connectivity index (χ3v) is 4.18. The zero-order chi connectivity index (χ0) is 17.6. The van der Waals surface area contributed by atoms with Gasteiger partial charge in [-0.15, -0.1) is 0 Å². The van der Waals surface area contributed by atoms with Gasteiger partial charge in [-0.2, -0.15) is 0 Å². The molecule has 0 aliphatic rings. The molecule has 3 rings (SSSR count). The van der Waals surface area contributed by atoms with Gasteiger partial charge in [-0.25, -0.2) is 15.0 Å². The predicted octanol–water partition coefficient (Wildman–Crippen LogP) is 5.28. The largest absolute Gasteiger partial charge is 0.257 e. The average molecular weight is 348 g/mol. The van der Waals surface area contributed by atoms with Crippen molar-refractivity contribution in [1.82, 2.24) is 9.97 Å². The van der Waals surface area contributed by atoms with Crippen LogP contribution in [-0.2, 0) is 0 Å². The fourth-order valence-electron chi connectivity index (χ4n) is 2.50. The Balaban J connectivity index is 2.15. The summed E-state index contributed by atoms with van der Waals surface area (Å²) >= 11 is 1.57. The van der Waals surface area contributed by atoms with Crippen LogP contribution in [0.5, 0.6) is 0 Å². The van der Waals surface area contributed by atoms with Gasteiger partial charge in [0.2, 0.25) is 5.95 Å². The molecule has 0 saturated heterocycles. The monoisotopic (exact) mass is 348 g/mol. The molecule has 5 heteroatoms. The van der Waals surface area contributed by atoms with Crippen LogP contribution >= 0.6 is 11.8 Å². The molecule has 0 aliphatic heterocycles. The van der Waals surface area contributed by atoms with Gasteiger partial charge >= 0.3 is 0 Å². The molecular formula is C20H20N4S. The second kappa shape index (κ2) is 7.94. The van der Waals surface area contributed by atoms with Gasteiger partial charge in [-0.3, -0.25) is 4.90 Å². The number of thioether (sulfide) groups is 1. The molecule has 0 aliphatic carbocycles. The van der Waals surface area contributed by atoms with Gasteiger partial charge in [0.25, 0.3) is 0 Å². The van der Waals surface area contributed by atoms with Crippen molar-refractivity contribution in [2.45, 2.75) is 13.8 Å². The van der Waals surface area contributed by atoms with Gasteiger partial charge < -0.3 is 0 Å². The van der Waals surface area contributed by atoms with Crippen LogP contribution in [0.1, 0.15) is 11.4 Å². The molecule has 126 valence electrons. The lowest BCUT2D eigenvalue weighted by Gasteiger charge is -2.23. The lowest BCUT2D eigenvalue weighted by molar-refractivity contribution is 1.02. The highest BCUT2D eigenvalue weighted by Gasteiger charge is 2.19. The third kappa shape index (κ3) is 4.25. The van der Waals surface area contributed by atoms with Gasteiger partial charge in [0, 0.05) is 11.4 Å². The van der Waals surface area contributed by atoms with Gasteiger partial charge in [-0.05, 0) is 50.4 Å². The predicted molar refractivity (Wildman–Crippen MR) is 107 cm³/mol. The molecule has 0 bridgehead atoms. The van der Waals surface area contributed by atoms with Crippen LogP contribution in [0.4, 0.5) is 17.3 Å². The molecule has 0 unspecified atom stereocenters. The first-order valence-electron chi connectivity index (χ1n) is 8.02. The normalized spacial score (nSPS) is 11.4. The van der Waals surface area contributed by atoms with E-state index >= 15 is 0 Å². The Bertz CT molecular complexity index is 843. The summed E-state index contributed by atoms with van der Waals surface area (Å²) in [5.74, 6) is 0.632. The molecule has 0 atom stereocenters. The summed E-state index contributed by atoms with van der Waals surface area (Å²) < 4.78 is 0. The smallest absolute Gasteiger partial charge is 0.236 e. The van der Waals surface area contributed by atoms with E-state index < -0.39 is 0 Å². The maximum atomic E-state index is 4.82. The summed E-state index contributed by atoms with van der Waals surface area (Å²) in [4.78, 5) is 16.1. The second-order valence-electron chi connectivity index (χ2n) is 5.56. The number of hydrogen-bond acceptors (Lipinski definition) is 4. The fraction of sp³-hybridized carbons (Fsp3) is 0.150. The summed E-state index contributed by atoms with van der Waals surface area (Å²) in [7, 11) is 0. The molecule has 4 nitrogen and oxygen atoms in total. The second-order valence-corrected chi connectivity index (χ2v) is 6.33. The minimum absolute atomic E-state index is 0.632. The van der Waals surface area contributed by atoms with Crippen LogP contribution in [0, 0.1) is 13.8 Å². The highest BCUT2D eigenvalue weighted by Crippen LogP contribution is 2.28. The van der Waals surface area contributed by atoms with Gasteiger partial charge in [-0.1, -0.05) is 48.2 Å². The van der Waals surface area contributed by atoms with Crippen LogP contribution in [0.15, 0.2) is 71.7 Å². The highest BCUT2D eigenvalue weighted by molar-refractivity contribution is 8.13. The van der Waals surface area contributed by atoms with E-state index in [9.17, 15) is 0 Å². The molecule has 1 aromatic heterocycles. The molecule has 25 heavy (non-hydrogen) atoms. The highest BCUT2D eigenvalue weighted by atomic mass is 32.2. The molecule has 0 amide bonds. The van der Waals surface area contributed by atoms with Gasteiger partial charge in [0.1, 0.15) is 0 Å². The van der Waals surface area contributed by atoms with Gasteiger partial charge in [0.05, 0.1) is 11.4 Å². The van der Waals surface area contributed by atoms with Gasteiger partial charge in [0.15, 0.2) is 5.17 Å². The van der Waals surface area contributed by atoms with Crippen LogP contribution < -0.4 is 4.90 Å². The quantitative estimate of drug-likeness (QED) is 0.477. The molecular weight excluding hydrogens is 328 g/mol. The lowest BCUT2D eigenvalue weighted by atomic mass is 10.3. The van der Waals surface area contributed by atoms with Crippen molar-refractivity contribution in [3.05, 3.63) is 78.1 Å². The number of aryl methyl sites for hydroxylation is 2. The molecule has 0 N–H and O–H groups in total. The first kappa shape index (κ1) is 17.2. The number of aromatic nitrogens is 2. The zero-order valence-corrected chi connectivity index (χ0v) is 15.4. The van der Waals surface area contributed by atoms with Crippen molar-refractivity contribution < 1.29 is 0 Å². The molecule has 1 heterocycles. The molecule has 3 aromatic rings. The SMILES string of the molecule is CSC(=Nc1ccccc1)N(c1ccccc1)c1nc(C)cc(C)n1. The van der Waals surface area contributed by atoms with Crippen LogP contribution in [0.3, 0.4) is 0 Å². The minimum atomic E-state index is 0.632. The zero-order valence-electron chi connectivity index (χ0n) is 14.5. The number of para-hydroxylation sites is 2. The number of hydrogen-bond donors (Lipinski definition) is 0. The Kier molecular flexibility index (Phi) is 5.46. The standard InChI is InChI=1S/C20H20N4S/c1-15-14-16(2)22-19(21-15)24(18-12-8-5-9-13-18)20(25-3)23-17-10-6-4-7-11-17/h4-14H,1-3H3. The molecule has 0 saturated carbocycles. The Labute approximate surface area is 152 Å². The first-order chi connectivity index (χ1) is 12.2. The van der Waals surface area contributed by atoms with E-state index in [4.69, 9.17) is 4.99 Å². The lowest BCUT2D eigenvalue weighted by Crippen LogP contribution is -2.25. The van der Waals surface area contributed by atoms with E-state index in [-0.39, 0.29) is 0 Å². The Morgan fingerprint density at radius 2 is 1.44 bits per heavy atom. The van der Waals surface area contributed by atoms with Crippen molar-refractivity contribution >= 4 is 34.3 Å². The van der Waals surface area contributed by atoms with Crippen molar-refractivity contribution in [1.29, 1.82) is 0 Å². The van der Waals surface area contributed by atoms with Crippen molar-refractivity contribution in [3.8, 4) is 0 Å². The van der Waals surface area contributed by atoms with E-state index in [1.807, 2.05) is 91.7 Å². The summed E-state index contributed by atoms with van der Waals surface area (Å²) in [5, 5.41) is 0.822. The number of rotatable bonds is 3. The van der Waals surface area contributed by atoms with E-state index in [1.165, 1.54) is 0 Å². The number of anilines is 2. The maximum Gasteiger partial charge on any atom is 0.236 e.